The lowest BCUT2D eigenvalue weighted by Gasteiger charge is -2.17. The number of rotatable bonds is 6. The summed E-state index contributed by atoms with van der Waals surface area (Å²) in [5.41, 5.74) is 0.951. The van der Waals surface area contributed by atoms with E-state index < -0.39 is 10.0 Å². The molecule has 2 aromatic rings. The van der Waals surface area contributed by atoms with E-state index in [1.54, 1.807) is 27.8 Å². The van der Waals surface area contributed by atoms with Gasteiger partial charge >= 0.3 is 0 Å². The lowest BCUT2D eigenvalue weighted by atomic mass is 10.0. The van der Waals surface area contributed by atoms with Gasteiger partial charge in [0.15, 0.2) is 0 Å². The quantitative estimate of drug-likeness (QED) is 0.805. The van der Waals surface area contributed by atoms with Crippen molar-refractivity contribution in [3.05, 3.63) is 52.2 Å². The van der Waals surface area contributed by atoms with E-state index in [9.17, 15) is 13.2 Å². The summed E-state index contributed by atoms with van der Waals surface area (Å²) in [5, 5.41) is 4.99. The minimum atomic E-state index is -3.49. The Bertz CT molecular complexity index is 923. The Morgan fingerprint density at radius 1 is 1.30 bits per heavy atom. The molecule has 144 valence electrons. The Labute approximate surface area is 164 Å². The van der Waals surface area contributed by atoms with E-state index in [2.05, 4.69) is 5.32 Å². The number of benzene rings is 1. The fraction of sp³-hybridized carbons (Fsp3) is 0.450. The highest BCUT2D eigenvalue weighted by Crippen LogP contribution is 2.59. The van der Waals surface area contributed by atoms with Crippen molar-refractivity contribution < 1.29 is 13.2 Å². The van der Waals surface area contributed by atoms with Crippen LogP contribution in [0, 0.1) is 11.3 Å². The summed E-state index contributed by atoms with van der Waals surface area (Å²) in [6, 6.07) is 11.1. The normalized spacial score (nSPS) is 25.0. The number of nitrogens with zero attached hydrogens (tertiary/aromatic N) is 1. The number of sulfonamides is 1. The second-order valence-electron chi connectivity index (χ2n) is 7.50. The van der Waals surface area contributed by atoms with Crippen LogP contribution in [0.2, 0.25) is 0 Å². The third-order valence-corrected chi connectivity index (χ3v) is 8.58. The van der Waals surface area contributed by atoms with Crippen molar-refractivity contribution in [1.29, 1.82) is 0 Å². The van der Waals surface area contributed by atoms with Crippen LogP contribution in [-0.2, 0) is 27.8 Å². The summed E-state index contributed by atoms with van der Waals surface area (Å²) < 4.78 is 27.4. The molecular weight excluding hydrogens is 380 g/mol. The van der Waals surface area contributed by atoms with Gasteiger partial charge in [0.1, 0.15) is 0 Å². The fourth-order valence-corrected chi connectivity index (χ4v) is 6.17. The molecule has 7 heteroatoms. The average Bonchev–Trinajstić information content (AvgIpc) is 3.03. The molecule has 0 radical (unpaired) electrons. The Morgan fingerprint density at radius 3 is 2.74 bits per heavy atom. The predicted molar refractivity (Wildman–Crippen MR) is 106 cm³/mol. The van der Waals surface area contributed by atoms with E-state index in [4.69, 9.17) is 0 Å². The zero-order valence-electron chi connectivity index (χ0n) is 15.3. The van der Waals surface area contributed by atoms with Crippen molar-refractivity contribution in [2.24, 2.45) is 11.3 Å². The summed E-state index contributed by atoms with van der Waals surface area (Å²) in [7, 11) is -3.49. The molecule has 27 heavy (non-hydrogen) atoms. The number of nitrogens with one attached hydrogen (secondary N) is 1. The summed E-state index contributed by atoms with van der Waals surface area (Å²) in [5.74, 6) is -0.0184. The average molecular weight is 405 g/mol. The van der Waals surface area contributed by atoms with Gasteiger partial charge in [-0.1, -0.05) is 25.1 Å². The third-order valence-electron chi connectivity index (χ3n) is 5.84. The molecule has 4 rings (SSSR count). The van der Waals surface area contributed by atoms with Crippen LogP contribution in [0.25, 0.3) is 0 Å². The maximum absolute atomic E-state index is 12.9. The van der Waals surface area contributed by atoms with Crippen LogP contribution >= 0.6 is 11.3 Å². The first-order chi connectivity index (χ1) is 12.9. The van der Waals surface area contributed by atoms with Crippen molar-refractivity contribution in [3.63, 3.8) is 0 Å². The van der Waals surface area contributed by atoms with Crippen LogP contribution in [0.5, 0.6) is 0 Å². The van der Waals surface area contributed by atoms with Gasteiger partial charge in [-0.3, -0.25) is 4.79 Å². The van der Waals surface area contributed by atoms with Crippen LogP contribution in [0.3, 0.4) is 0 Å². The first kappa shape index (κ1) is 18.7. The lowest BCUT2D eigenvalue weighted by molar-refractivity contribution is -0.123. The van der Waals surface area contributed by atoms with Gasteiger partial charge < -0.3 is 5.32 Å². The Kier molecular flexibility index (Phi) is 4.86. The molecule has 1 amide bonds. The van der Waals surface area contributed by atoms with Gasteiger partial charge in [-0.25, -0.2) is 8.42 Å². The van der Waals surface area contributed by atoms with Gasteiger partial charge in [0.25, 0.3) is 0 Å². The molecule has 1 aromatic carbocycles. The van der Waals surface area contributed by atoms with E-state index in [1.807, 2.05) is 36.6 Å². The molecule has 0 bridgehead atoms. The first-order valence-corrected chi connectivity index (χ1v) is 11.7. The highest BCUT2D eigenvalue weighted by molar-refractivity contribution is 7.89. The molecule has 2 atom stereocenters. The SMILES string of the molecule is CCc1ccc(S(=O)(=O)N2CC[C@]3(C[C@@H]3C(=O)NCc3cccs3)C2)cc1. The van der Waals surface area contributed by atoms with Gasteiger partial charge in [0.05, 0.1) is 11.4 Å². The maximum Gasteiger partial charge on any atom is 0.243 e. The highest BCUT2D eigenvalue weighted by Gasteiger charge is 2.62. The standard InChI is InChI=1S/C20H24N2O3S2/c1-2-15-5-7-17(8-6-15)27(24,25)22-10-9-20(14-22)12-18(20)19(23)21-13-16-4-3-11-26-16/h3-8,11,18H,2,9-10,12-14H2,1H3,(H,21,23)/t18-,20+/m1/s1. The molecule has 1 spiro atoms. The smallest absolute Gasteiger partial charge is 0.243 e. The van der Waals surface area contributed by atoms with E-state index in [1.165, 1.54) is 0 Å². The van der Waals surface area contributed by atoms with E-state index >= 15 is 0 Å². The van der Waals surface area contributed by atoms with Crippen molar-refractivity contribution in [3.8, 4) is 0 Å². The molecule has 2 aliphatic rings. The molecule has 0 unspecified atom stereocenters. The summed E-state index contributed by atoms with van der Waals surface area (Å²) in [4.78, 5) is 14.0. The zero-order valence-corrected chi connectivity index (χ0v) is 17.0. The molecule has 1 aromatic heterocycles. The number of thiophene rings is 1. The number of hydrogen-bond acceptors (Lipinski definition) is 4. The molecular formula is C20H24N2O3S2. The van der Waals surface area contributed by atoms with Gasteiger partial charge in [-0.2, -0.15) is 4.31 Å². The Morgan fingerprint density at radius 2 is 2.07 bits per heavy atom. The molecule has 1 saturated carbocycles. The first-order valence-electron chi connectivity index (χ1n) is 9.34. The number of hydrogen-bond donors (Lipinski definition) is 1. The molecule has 1 aliphatic heterocycles. The number of aryl methyl sites for hydroxylation is 1. The van der Waals surface area contributed by atoms with E-state index in [-0.39, 0.29) is 17.2 Å². The van der Waals surface area contributed by atoms with Crippen LogP contribution in [0.4, 0.5) is 0 Å². The van der Waals surface area contributed by atoms with Crippen LogP contribution in [0.15, 0.2) is 46.7 Å². The maximum atomic E-state index is 12.9. The zero-order chi connectivity index (χ0) is 19.1. The minimum Gasteiger partial charge on any atom is -0.351 e. The largest absolute Gasteiger partial charge is 0.351 e. The minimum absolute atomic E-state index is 0.0509. The molecule has 2 heterocycles. The number of amides is 1. The van der Waals surface area contributed by atoms with Gasteiger partial charge in [-0.05, 0) is 53.8 Å². The van der Waals surface area contributed by atoms with E-state index in [0.29, 0.717) is 24.5 Å². The van der Waals surface area contributed by atoms with Gasteiger partial charge in [0, 0.05) is 23.9 Å². The predicted octanol–water partition coefficient (Wildman–Crippen LogP) is 3.03. The van der Waals surface area contributed by atoms with Gasteiger partial charge in [0.2, 0.25) is 15.9 Å². The van der Waals surface area contributed by atoms with Crippen molar-refractivity contribution in [2.75, 3.05) is 13.1 Å². The molecule has 1 N–H and O–H groups in total. The van der Waals surface area contributed by atoms with Crippen molar-refractivity contribution in [2.45, 2.75) is 37.6 Å². The topological polar surface area (TPSA) is 66.5 Å². The lowest BCUT2D eigenvalue weighted by Crippen LogP contribution is -2.31. The summed E-state index contributed by atoms with van der Waals surface area (Å²) >= 11 is 1.62. The van der Waals surface area contributed by atoms with Crippen LogP contribution in [0.1, 0.15) is 30.2 Å². The molecule has 1 aliphatic carbocycles. The second kappa shape index (κ2) is 7.04. The number of carbonyl (C=O) groups is 1. The second-order valence-corrected chi connectivity index (χ2v) is 10.5. The Hall–Kier alpha value is -1.70. The van der Waals surface area contributed by atoms with Crippen molar-refractivity contribution >= 4 is 27.3 Å². The molecule has 5 nitrogen and oxygen atoms in total. The van der Waals surface area contributed by atoms with E-state index in [0.717, 1.165) is 29.7 Å². The molecule has 1 saturated heterocycles. The Balaban J connectivity index is 1.39. The summed E-state index contributed by atoms with van der Waals surface area (Å²) in [6.45, 7) is 3.54. The highest BCUT2D eigenvalue weighted by atomic mass is 32.2. The summed E-state index contributed by atoms with van der Waals surface area (Å²) in [6.07, 6.45) is 2.43. The fourth-order valence-electron chi connectivity index (χ4n) is 3.99. The van der Waals surface area contributed by atoms with Crippen LogP contribution < -0.4 is 5.32 Å². The number of carbonyl (C=O) groups excluding carboxylic acids is 1. The monoisotopic (exact) mass is 404 g/mol. The third kappa shape index (κ3) is 3.56. The van der Waals surface area contributed by atoms with Crippen LogP contribution in [-0.4, -0.2) is 31.7 Å². The molecule has 2 fully saturated rings. The van der Waals surface area contributed by atoms with Crippen molar-refractivity contribution in [1.82, 2.24) is 9.62 Å². The van der Waals surface area contributed by atoms with Gasteiger partial charge in [-0.15, -0.1) is 11.3 Å².